The lowest BCUT2D eigenvalue weighted by Gasteiger charge is -2.18. The molecule has 0 unspecified atom stereocenters. The molecular weight excluding hydrogens is 206 g/mol. The highest BCUT2D eigenvalue weighted by Crippen LogP contribution is 1.96. The van der Waals surface area contributed by atoms with Crippen LogP contribution in [0.1, 0.15) is 33.1 Å². The molecule has 0 aliphatic rings. The van der Waals surface area contributed by atoms with Gasteiger partial charge in [0.2, 0.25) is 5.91 Å². The molecule has 4 heteroatoms. The van der Waals surface area contributed by atoms with Gasteiger partial charge in [-0.15, -0.1) is 0 Å². The Morgan fingerprint density at radius 2 is 2.06 bits per heavy atom. The van der Waals surface area contributed by atoms with Crippen LogP contribution in [0.15, 0.2) is 12.7 Å². The van der Waals surface area contributed by atoms with Gasteiger partial charge < -0.3 is 9.64 Å². The van der Waals surface area contributed by atoms with Gasteiger partial charge >= 0.3 is 5.97 Å². The molecular formula is C12H21NO3. The molecule has 0 bridgehead atoms. The van der Waals surface area contributed by atoms with Crippen LogP contribution < -0.4 is 0 Å². The molecule has 0 aliphatic heterocycles. The molecule has 92 valence electrons. The number of amides is 1. The lowest BCUT2D eigenvalue weighted by atomic mass is 10.3. The Balaban J connectivity index is 3.67. The zero-order valence-electron chi connectivity index (χ0n) is 10.2. The molecule has 0 spiro atoms. The van der Waals surface area contributed by atoms with E-state index in [-0.39, 0.29) is 11.9 Å². The average Bonchev–Trinajstić information content (AvgIpc) is 2.28. The van der Waals surface area contributed by atoms with E-state index in [0.717, 1.165) is 6.42 Å². The molecule has 0 rings (SSSR count). The van der Waals surface area contributed by atoms with Crippen molar-refractivity contribution in [2.75, 3.05) is 19.7 Å². The van der Waals surface area contributed by atoms with Crippen molar-refractivity contribution in [1.29, 1.82) is 0 Å². The second kappa shape index (κ2) is 8.95. The van der Waals surface area contributed by atoms with Gasteiger partial charge in [0.15, 0.2) is 0 Å². The molecule has 0 aromatic carbocycles. The van der Waals surface area contributed by atoms with Crippen LogP contribution in [-0.4, -0.2) is 36.5 Å². The van der Waals surface area contributed by atoms with Crippen LogP contribution in [0.4, 0.5) is 0 Å². The molecule has 4 nitrogen and oxygen atoms in total. The molecule has 1 amide bonds. The number of carbonyl (C=O) groups is 2. The molecule has 0 saturated heterocycles. The molecule has 0 atom stereocenters. The largest absolute Gasteiger partial charge is 0.466 e. The van der Waals surface area contributed by atoms with Crippen molar-refractivity contribution in [2.45, 2.75) is 33.1 Å². The average molecular weight is 227 g/mol. The first-order chi connectivity index (χ1) is 7.65. The SMILES string of the molecule is C=CC(=O)N(CC)CCCOC(=O)CCC. The van der Waals surface area contributed by atoms with Gasteiger partial charge in [0.05, 0.1) is 6.61 Å². The van der Waals surface area contributed by atoms with Gasteiger partial charge in [-0.25, -0.2) is 0 Å². The summed E-state index contributed by atoms with van der Waals surface area (Å²) in [4.78, 5) is 24.0. The van der Waals surface area contributed by atoms with E-state index < -0.39 is 0 Å². The van der Waals surface area contributed by atoms with Gasteiger partial charge in [0.25, 0.3) is 0 Å². The van der Waals surface area contributed by atoms with Crippen LogP contribution in [0.5, 0.6) is 0 Å². The third-order valence-corrected chi connectivity index (χ3v) is 2.16. The number of rotatable bonds is 8. The summed E-state index contributed by atoms with van der Waals surface area (Å²) < 4.78 is 4.99. The predicted octanol–water partition coefficient (Wildman–Crippen LogP) is 1.75. The van der Waals surface area contributed by atoms with Crippen molar-refractivity contribution in [2.24, 2.45) is 0 Å². The van der Waals surface area contributed by atoms with Gasteiger partial charge in [0.1, 0.15) is 0 Å². The minimum Gasteiger partial charge on any atom is -0.466 e. The maximum absolute atomic E-state index is 11.3. The van der Waals surface area contributed by atoms with E-state index in [0.29, 0.717) is 32.5 Å². The Morgan fingerprint density at radius 1 is 1.38 bits per heavy atom. The van der Waals surface area contributed by atoms with E-state index in [4.69, 9.17) is 4.74 Å². The van der Waals surface area contributed by atoms with E-state index in [1.807, 2.05) is 13.8 Å². The predicted molar refractivity (Wildman–Crippen MR) is 62.9 cm³/mol. The fourth-order valence-electron chi connectivity index (χ4n) is 1.27. The number of likely N-dealkylation sites (N-methyl/N-ethyl adjacent to an activating group) is 1. The Labute approximate surface area is 97.3 Å². The molecule has 0 saturated carbocycles. The van der Waals surface area contributed by atoms with E-state index in [1.54, 1.807) is 4.90 Å². The number of nitrogens with zero attached hydrogens (tertiary/aromatic N) is 1. The van der Waals surface area contributed by atoms with E-state index in [1.165, 1.54) is 6.08 Å². The van der Waals surface area contributed by atoms with Gasteiger partial charge in [-0.1, -0.05) is 13.5 Å². The number of hydrogen-bond donors (Lipinski definition) is 0. The summed E-state index contributed by atoms with van der Waals surface area (Å²) in [6.07, 6.45) is 3.23. The van der Waals surface area contributed by atoms with Crippen LogP contribution in [-0.2, 0) is 14.3 Å². The molecule has 0 radical (unpaired) electrons. The summed E-state index contributed by atoms with van der Waals surface area (Å²) in [5, 5.41) is 0. The standard InChI is InChI=1S/C12H21NO3/c1-4-8-12(15)16-10-7-9-13(6-3)11(14)5-2/h5H,2,4,6-10H2,1,3H3. The molecule has 0 aliphatic carbocycles. The van der Waals surface area contributed by atoms with Crippen LogP contribution in [0.25, 0.3) is 0 Å². The summed E-state index contributed by atoms with van der Waals surface area (Å²) in [6, 6.07) is 0. The van der Waals surface area contributed by atoms with Gasteiger partial charge in [-0.05, 0) is 25.8 Å². The monoisotopic (exact) mass is 227 g/mol. The summed E-state index contributed by atoms with van der Waals surface area (Å²) in [7, 11) is 0. The summed E-state index contributed by atoms with van der Waals surface area (Å²) in [6.45, 7) is 8.89. The lowest BCUT2D eigenvalue weighted by molar-refractivity contribution is -0.143. The normalized spacial score (nSPS) is 9.62. The van der Waals surface area contributed by atoms with Gasteiger partial charge in [-0.3, -0.25) is 9.59 Å². The highest BCUT2D eigenvalue weighted by Gasteiger charge is 2.07. The maximum atomic E-state index is 11.3. The maximum Gasteiger partial charge on any atom is 0.305 e. The number of hydrogen-bond acceptors (Lipinski definition) is 3. The van der Waals surface area contributed by atoms with Crippen LogP contribution in [0, 0.1) is 0 Å². The van der Waals surface area contributed by atoms with Gasteiger partial charge in [0, 0.05) is 19.5 Å². The summed E-state index contributed by atoms with van der Waals surface area (Å²) in [5.41, 5.74) is 0. The summed E-state index contributed by atoms with van der Waals surface area (Å²) >= 11 is 0. The minimum absolute atomic E-state index is 0.0811. The first-order valence-corrected chi connectivity index (χ1v) is 5.72. The zero-order valence-corrected chi connectivity index (χ0v) is 10.2. The third kappa shape index (κ3) is 6.22. The lowest BCUT2D eigenvalue weighted by Crippen LogP contribution is -2.30. The van der Waals surface area contributed by atoms with Crippen LogP contribution >= 0.6 is 0 Å². The van der Waals surface area contributed by atoms with Crippen LogP contribution in [0.3, 0.4) is 0 Å². The molecule has 0 aromatic heterocycles. The second-order valence-corrected chi connectivity index (χ2v) is 3.45. The Hall–Kier alpha value is -1.32. The first kappa shape index (κ1) is 14.7. The van der Waals surface area contributed by atoms with Crippen molar-refractivity contribution in [3.05, 3.63) is 12.7 Å². The van der Waals surface area contributed by atoms with Crippen molar-refractivity contribution in [1.82, 2.24) is 4.90 Å². The molecule has 0 heterocycles. The van der Waals surface area contributed by atoms with E-state index in [9.17, 15) is 9.59 Å². The Morgan fingerprint density at radius 3 is 2.56 bits per heavy atom. The second-order valence-electron chi connectivity index (χ2n) is 3.45. The van der Waals surface area contributed by atoms with E-state index >= 15 is 0 Å². The van der Waals surface area contributed by atoms with Crippen molar-refractivity contribution in [3.8, 4) is 0 Å². The summed E-state index contributed by atoms with van der Waals surface area (Å²) in [5.74, 6) is -0.247. The molecule has 0 aromatic rings. The quantitative estimate of drug-likeness (QED) is 0.360. The molecule has 16 heavy (non-hydrogen) atoms. The number of carbonyl (C=O) groups excluding carboxylic acids is 2. The number of ether oxygens (including phenoxy) is 1. The third-order valence-electron chi connectivity index (χ3n) is 2.16. The van der Waals surface area contributed by atoms with Crippen molar-refractivity contribution >= 4 is 11.9 Å². The van der Waals surface area contributed by atoms with Crippen molar-refractivity contribution in [3.63, 3.8) is 0 Å². The van der Waals surface area contributed by atoms with Crippen molar-refractivity contribution < 1.29 is 14.3 Å². The minimum atomic E-state index is -0.166. The first-order valence-electron chi connectivity index (χ1n) is 5.72. The Bertz CT molecular complexity index is 238. The fraction of sp³-hybridized carbons (Fsp3) is 0.667. The smallest absolute Gasteiger partial charge is 0.305 e. The molecule has 0 fully saturated rings. The number of esters is 1. The fourth-order valence-corrected chi connectivity index (χ4v) is 1.27. The topological polar surface area (TPSA) is 46.6 Å². The highest BCUT2D eigenvalue weighted by atomic mass is 16.5. The highest BCUT2D eigenvalue weighted by molar-refractivity contribution is 5.86. The van der Waals surface area contributed by atoms with Crippen LogP contribution in [0.2, 0.25) is 0 Å². The van der Waals surface area contributed by atoms with E-state index in [2.05, 4.69) is 6.58 Å². The molecule has 0 N–H and O–H groups in total. The zero-order chi connectivity index (χ0) is 12.4. The van der Waals surface area contributed by atoms with Gasteiger partial charge in [-0.2, -0.15) is 0 Å². The Kier molecular flexibility index (Phi) is 8.21.